The predicted molar refractivity (Wildman–Crippen MR) is 67.9 cm³/mol. The molecule has 103 valence electrons. The Labute approximate surface area is 159 Å². The van der Waals surface area contributed by atoms with Gasteiger partial charge in [-0.3, -0.25) is 4.99 Å². The smallest absolute Gasteiger partial charge is 0.0279 e. The van der Waals surface area contributed by atoms with Crippen molar-refractivity contribution < 1.29 is 65.5 Å². The summed E-state index contributed by atoms with van der Waals surface area (Å²) < 4.78 is 0. The van der Waals surface area contributed by atoms with Crippen molar-refractivity contribution in [2.24, 2.45) is 15.1 Å². The number of hydrogen-bond acceptors (Lipinski definition) is 3. The molecule has 0 spiro atoms. The molecular weight excluding hydrogens is 424 g/mol. The minimum atomic E-state index is 0. The van der Waals surface area contributed by atoms with Crippen LogP contribution in [-0.2, 0) is 18.6 Å². The summed E-state index contributed by atoms with van der Waals surface area (Å²) in [4.78, 5) is 8.30. The maximum absolute atomic E-state index is 5.06. The molecule has 0 atom stereocenters. The molecule has 0 amide bonds. The van der Waals surface area contributed by atoms with E-state index in [1.54, 1.807) is 14.1 Å². The zero-order valence-electron chi connectivity index (χ0n) is 10.4. The summed E-state index contributed by atoms with van der Waals surface area (Å²) in [6.07, 6.45) is 2.68. The molecule has 0 bridgehead atoms. The van der Waals surface area contributed by atoms with Gasteiger partial charge in [-0.2, -0.15) is 0 Å². The molecule has 0 aliphatic rings. The molecule has 0 heterocycles. The average molecular weight is 438 g/mol. The van der Waals surface area contributed by atoms with Crippen LogP contribution >= 0.6 is 0 Å². The Morgan fingerprint density at radius 1 is 1.33 bits per heavy atom. The van der Waals surface area contributed by atoms with Gasteiger partial charge < -0.3 is 21.8 Å². The molecule has 6 heteroatoms. The molecule has 18 heavy (non-hydrogen) atoms. The fourth-order valence-corrected chi connectivity index (χ4v) is 1.15. The molecule has 0 saturated carbocycles. The van der Waals surface area contributed by atoms with Gasteiger partial charge in [0.05, 0.1) is 0 Å². The molecule has 4 nitrogen and oxygen atoms in total. The van der Waals surface area contributed by atoms with Crippen molar-refractivity contribution >= 4 is 24.5 Å². The average Bonchev–Trinajstić information content (AvgIpc) is 2.35. The van der Waals surface area contributed by atoms with Gasteiger partial charge in [0.15, 0.2) is 0 Å². The third kappa shape index (κ3) is 6.34. The van der Waals surface area contributed by atoms with E-state index in [0.717, 1.165) is 17.0 Å². The SMILES string of the molecule is [CH-]=NN(C)[C-]=Nc1ccccc1C(C)=NC.[V].[Yb]. The van der Waals surface area contributed by atoms with E-state index in [2.05, 4.69) is 21.4 Å². The van der Waals surface area contributed by atoms with Crippen LogP contribution in [0.5, 0.6) is 0 Å². The van der Waals surface area contributed by atoms with Crippen molar-refractivity contribution in [1.82, 2.24) is 5.01 Å². The first-order valence-electron chi connectivity index (χ1n) is 4.82. The van der Waals surface area contributed by atoms with Crippen LogP contribution in [0.3, 0.4) is 0 Å². The van der Waals surface area contributed by atoms with Gasteiger partial charge in [-0.15, -0.1) is 6.07 Å². The fraction of sp³-hybridized carbons (Fsp3) is 0.250. The Morgan fingerprint density at radius 3 is 2.50 bits per heavy atom. The molecule has 0 fully saturated rings. The molecule has 0 N–H and O–H groups in total. The number of hydrogen-bond donors (Lipinski definition) is 0. The van der Waals surface area contributed by atoms with Crippen molar-refractivity contribution in [2.75, 3.05) is 14.1 Å². The maximum atomic E-state index is 5.06. The van der Waals surface area contributed by atoms with Crippen molar-refractivity contribution in [2.45, 2.75) is 6.92 Å². The van der Waals surface area contributed by atoms with Crippen molar-refractivity contribution in [3.05, 3.63) is 29.8 Å². The second kappa shape index (κ2) is 11.0. The first-order valence-corrected chi connectivity index (χ1v) is 4.82. The summed E-state index contributed by atoms with van der Waals surface area (Å²) in [6.45, 7) is 7.00. The van der Waals surface area contributed by atoms with E-state index < -0.39 is 0 Å². The van der Waals surface area contributed by atoms with E-state index in [1.165, 1.54) is 5.01 Å². The molecule has 0 unspecified atom stereocenters. The van der Waals surface area contributed by atoms with E-state index >= 15 is 0 Å². The Bertz CT molecular complexity index is 432. The molecule has 1 rings (SSSR count). The topological polar surface area (TPSA) is 40.3 Å². The molecule has 1 aromatic rings. The first-order chi connectivity index (χ1) is 7.69. The van der Waals surface area contributed by atoms with Gasteiger partial charge in [0, 0.05) is 85.3 Å². The number of para-hydroxylation sites is 1. The second-order valence-electron chi connectivity index (χ2n) is 3.18. The third-order valence-corrected chi connectivity index (χ3v) is 2.12. The van der Waals surface area contributed by atoms with Crippen LogP contribution in [0.25, 0.3) is 0 Å². The zero-order valence-corrected chi connectivity index (χ0v) is 13.5. The third-order valence-electron chi connectivity index (χ3n) is 2.12. The standard InChI is InChI=1S/C12H14N4.V.Yb/c1-10(13-2)11-7-5-6-8-12(11)15-9-16(4)14-3;;/h3,5-8H,1-2,4H3;;/q-2;;. The van der Waals surface area contributed by atoms with Crippen molar-refractivity contribution in [3.8, 4) is 0 Å². The van der Waals surface area contributed by atoms with Crippen molar-refractivity contribution in [1.29, 1.82) is 0 Å². The molecule has 0 saturated heterocycles. The molecule has 0 aromatic heterocycles. The number of hydrazone groups is 1. The van der Waals surface area contributed by atoms with Crippen LogP contribution in [0.1, 0.15) is 12.5 Å². The summed E-state index contributed by atoms with van der Waals surface area (Å²) in [5.41, 5.74) is 2.69. The van der Waals surface area contributed by atoms with Crippen LogP contribution in [-0.4, -0.2) is 37.9 Å². The Kier molecular flexibility index (Phi) is 12.5. The second-order valence-corrected chi connectivity index (χ2v) is 3.18. The van der Waals surface area contributed by atoms with Crippen LogP contribution in [0.4, 0.5) is 5.69 Å². The molecular formula is C12H14N4VYb-2. The summed E-state index contributed by atoms with van der Waals surface area (Å²) in [6, 6.07) is 7.70. The molecule has 0 aliphatic heterocycles. The van der Waals surface area contributed by atoms with Gasteiger partial charge >= 0.3 is 0 Å². The van der Waals surface area contributed by atoms with Gasteiger partial charge in [0.25, 0.3) is 0 Å². The van der Waals surface area contributed by atoms with E-state index in [-0.39, 0.29) is 65.5 Å². The number of nitrogens with zero attached hydrogens (tertiary/aromatic N) is 4. The Morgan fingerprint density at radius 2 is 1.94 bits per heavy atom. The van der Waals surface area contributed by atoms with E-state index in [1.807, 2.05) is 31.2 Å². The van der Waals surface area contributed by atoms with Crippen LogP contribution in [0.2, 0.25) is 0 Å². The summed E-state index contributed by atoms with van der Waals surface area (Å²) in [5, 5.41) is 4.71. The summed E-state index contributed by atoms with van der Waals surface area (Å²) in [7, 11) is 3.41. The van der Waals surface area contributed by atoms with Gasteiger partial charge in [-0.05, 0) is 6.92 Å². The maximum Gasteiger partial charge on any atom is 0.0279 e. The van der Waals surface area contributed by atoms with Crippen LogP contribution in [0, 0.1) is 46.9 Å². The van der Waals surface area contributed by atoms with Gasteiger partial charge in [-0.1, -0.05) is 35.8 Å². The minimum Gasteiger partial charge on any atom is -0.432 e. The first kappa shape index (κ1) is 20.5. The van der Waals surface area contributed by atoms with Gasteiger partial charge in [0.2, 0.25) is 0 Å². The van der Waals surface area contributed by atoms with E-state index in [9.17, 15) is 0 Å². The zero-order chi connectivity index (χ0) is 12.0. The largest absolute Gasteiger partial charge is 0.432 e. The van der Waals surface area contributed by atoms with Gasteiger partial charge in [0.1, 0.15) is 0 Å². The molecule has 1 aromatic carbocycles. The molecule has 1 radical (unpaired) electrons. The van der Waals surface area contributed by atoms with Crippen molar-refractivity contribution in [3.63, 3.8) is 0 Å². The monoisotopic (exact) mass is 439 g/mol. The van der Waals surface area contributed by atoms with Crippen LogP contribution in [0.15, 0.2) is 39.4 Å². The molecule has 0 aliphatic carbocycles. The summed E-state index contributed by atoms with van der Waals surface area (Å²) in [5.74, 6) is 0. The number of aliphatic imine (C=N–C) groups is 2. The normalized spacial score (nSPS) is 10.5. The van der Waals surface area contributed by atoms with E-state index in [0.29, 0.717) is 0 Å². The fourth-order valence-electron chi connectivity index (χ4n) is 1.15. The number of benzene rings is 1. The predicted octanol–water partition coefficient (Wildman–Crippen LogP) is 2.08. The van der Waals surface area contributed by atoms with E-state index in [4.69, 9.17) is 6.72 Å². The minimum absolute atomic E-state index is 0. The van der Waals surface area contributed by atoms with Gasteiger partial charge in [-0.25, -0.2) is 0 Å². The summed E-state index contributed by atoms with van der Waals surface area (Å²) >= 11 is 0. The van der Waals surface area contributed by atoms with Crippen LogP contribution < -0.4 is 0 Å². The quantitative estimate of drug-likeness (QED) is 0.233. The Balaban J connectivity index is 0. The number of rotatable bonds is 4. The Hall–Kier alpha value is 0.134.